The summed E-state index contributed by atoms with van der Waals surface area (Å²) in [6.07, 6.45) is 2.62. The lowest BCUT2D eigenvalue weighted by Crippen LogP contribution is -2.54. The third kappa shape index (κ3) is 5.29. The zero-order valence-corrected chi connectivity index (χ0v) is 16.4. The molecule has 1 unspecified atom stereocenters. The summed E-state index contributed by atoms with van der Waals surface area (Å²) in [5, 5.41) is 4.04. The lowest BCUT2D eigenvalue weighted by atomic mass is 10.0. The molecule has 0 spiro atoms. The van der Waals surface area contributed by atoms with Gasteiger partial charge in [0.2, 0.25) is 5.91 Å². The van der Waals surface area contributed by atoms with Gasteiger partial charge in [0, 0.05) is 45.3 Å². The molecule has 0 saturated carbocycles. The Kier molecular flexibility index (Phi) is 6.84. The summed E-state index contributed by atoms with van der Waals surface area (Å²) in [6.45, 7) is 9.28. The van der Waals surface area contributed by atoms with Gasteiger partial charge in [-0.3, -0.25) is 14.6 Å². The molecule has 27 heavy (non-hydrogen) atoms. The Hall–Kier alpha value is -1.93. The van der Waals surface area contributed by atoms with E-state index in [9.17, 15) is 9.59 Å². The number of ether oxygens (including phenoxy) is 1. The lowest BCUT2D eigenvalue weighted by molar-refractivity contribution is -0.157. The van der Waals surface area contributed by atoms with Crippen molar-refractivity contribution in [3.8, 4) is 0 Å². The number of aryl methyl sites for hydroxylation is 1. The van der Waals surface area contributed by atoms with Gasteiger partial charge in [0.25, 0.3) is 0 Å². The standard InChI is InChI=1S/C19H30N4O4/c1-3-26-19(25)17-6-4-5-7-23(17)18(24)14-22-10-8-21(9-11-22)13-16-12-15(2)27-20-16/h12,17H,3-11,13-14H2,1-2H3. The molecule has 1 aromatic heterocycles. The van der Waals surface area contributed by atoms with Crippen LogP contribution in [-0.2, 0) is 20.9 Å². The number of piperidine rings is 1. The highest BCUT2D eigenvalue weighted by Gasteiger charge is 2.34. The van der Waals surface area contributed by atoms with Crippen molar-refractivity contribution >= 4 is 11.9 Å². The van der Waals surface area contributed by atoms with Crippen molar-refractivity contribution in [2.45, 2.75) is 45.7 Å². The van der Waals surface area contributed by atoms with E-state index in [-0.39, 0.29) is 11.9 Å². The SMILES string of the molecule is CCOC(=O)C1CCCCN1C(=O)CN1CCN(Cc2cc(C)on2)CC1. The minimum absolute atomic E-state index is 0.0355. The van der Waals surface area contributed by atoms with Crippen LogP contribution in [0.15, 0.2) is 10.6 Å². The van der Waals surface area contributed by atoms with Crippen LogP contribution in [0, 0.1) is 6.92 Å². The third-order valence-electron chi connectivity index (χ3n) is 5.27. The predicted molar refractivity (Wildman–Crippen MR) is 98.9 cm³/mol. The number of nitrogens with zero attached hydrogens (tertiary/aromatic N) is 4. The van der Waals surface area contributed by atoms with E-state index >= 15 is 0 Å². The van der Waals surface area contributed by atoms with Crippen molar-refractivity contribution in [3.05, 3.63) is 17.5 Å². The second kappa shape index (κ2) is 9.32. The molecule has 0 bridgehead atoms. The molecule has 150 valence electrons. The van der Waals surface area contributed by atoms with Crippen LogP contribution in [0.1, 0.15) is 37.6 Å². The molecule has 1 aromatic rings. The normalized spacial score (nSPS) is 22.0. The fourth-order valence-electron chi connectivity index (χ4n) is 3.82. The Bertz CT molecular complexity index is 639. The first-order valence-corrected chi connectivity index (χ1v) is 9.90. The molecule has 0 radical (unpaired) electrons. The van der Waals surface area contributed by atoms with E-state index in [4.69, 9.17) is 9.26 Å². The zero-order chi connectivity index (χ0) is 19.2. The van der Waals surface area contributed by atoms with Gasteiger partial charge in [0.1, 0.15) is 11.8 Å². The molecule has 2 aliphatic heterocycles. The van der Waals surface area contributed by atoms with Crippen LogP contribution in [0.5, 0.6) is 0 Å². The molecule has 1 amide bonds. The largest absolute Gasteiger partial charge is 0.464 e. The fourth-order valence-corrected chi connectivity index (χ4v) is 3.82. The number of likely N-dealkylation sites (tertiary alicyclic amines) is 1. The summed E-state index contributed by atoms with van der Waals surface area (Å²) in [4.78, 5) is 31.2. The van der Waals surface area contributed by atoms with Gasteiger partial charge in [-0.05, 0) is 33.1 Å². The minimum atomic E-state index is -0.414. The van der Waals surface area contributed by atoms with Crippen molar-refractivity contribution in [1.29, 1.82) is 0 Å². The Morgan fingerprint density at radius 3 is 2.59 bits per heavy atom. The number of carbonyl (C=O) groups is 2. The first-order chi connectivity index (χ1) is 13.1. The van der Waals surface area contributed by atoms with Crippen LogP contribution < -0.4 is 0 Å². The maximum Gasteiger partial charge on any atom is 0.328 e. The van der Waals surface area contributed by atoms with Gasteiger partial charge >= 0.3 is 5.97 Å². The van der Waals surface area contributed by atoms with Crippen molar-refractivity contribution in [2.75, 3.05) is 45.9 Å². The second-order valence-corrected chi connectivity index (χ2v) is 7.33. The summed E-state index contributed by atoms with van der Waals surface area (Å²) in [7, 11) is 0. The highest BCUT2D eigenvalue weighted by Crippen LogP contribution is 2.19. The first-order valence-electron chi connectivity index (χ1n) is 9.90. The first kappa shape index (κ1) is 19.8. The van der Waals surface area contributed by atoms with Crippen LogP contribution in [0.2, 0.25) is 0 Å². The summed E-state index contributed by atoms with van der Waals surface area (Å²) < 4.78 is 10.3. The Morgan fingerprint density at radius 1 is 1.19 bits per heavy atom. The Labute approximate surface area is 160 Å². The summed E-state index contributed by atoms with van der Waals surface area (Å²) in [6, 6.07) is 1.55. The average Bonchev–Trinajstić information content (AvgIpc) is 3.08. The molecular weight excluding hydrogens is 348 g/mol. The number of carbonyl (C=O) groups excluding carboxylic acids is 2. The molecule has 0 aromatic carbocycles. The van der Waals surface area contributed by atoms with Gasteiger partial charge in [0.15, 0.2) is 0 Å². The number of piperazine rings is 1. The maximum absolute atomic E-state index is 12.8. The number of aromatic nitrogens is 1. The van der Waals surface area contributed by atoms with E-state index < -0.39 is 6.04 Å². The number of amides is 1. The van der Waals surface area contributed by atoms with E-state index in [2.05, 4.69) is 15.0 Å². The Balaban J connectivity index is 1.47. The molecule has 0 N–H and O–H groups in total. The van der Waals surface area contributed by atoms with Crippen LogP contribution in [0.4, 0.5) is 0 Å². The topological polar surface area (TPSA) is 79.1 Å². The monoisotopic (exact) mass is 378 g/mol. The summed E-state index contributed by atoms with van der Waals surface area (Å²) >= 11 is 0. The van der Waals surface area contributed by atoms with Crippen LogP contribution in [0.3, 0.4) is 0 Å². The lowest BCUT2D eigenvalue weighted by Gasteiger charge is -2.38. The van der Waals surface area contributed by atoms with Gasteiger partial charge in [-0.2, -0.15) is 0 Å². The van der Waals surface area contributed by atoms with Crippen LogP contribution in [-0.4, -0.2) is 83.7 Å². The molecule has 8 nitrogen and oxygen atoms in total. The van der Waals surface area contributed by atoms with Crippen molar-refractivity contribution in [3.63, 3.8) is 0 Å². The number of hydrogen-bond acceptors (Lipinski definition) is 7. The smallest absolute Gasteiger partial charge is 0.328 e. The van der Waals surface area contributed by atoms with E-state index in [1.807, 2.05) is 13.0 Å². The maximum atomic E-state index is 12.8. The summed E-state index contributed by atoms with van der Waals surface area (Å²) in [5.74, 6) is 0.596. The molecule has 0 aliphatic carbocycles. The molecule has 1 atom stereocenters. The molecule has 2 fully saturated rings. The summed E-state index contributed by atoms with van der Waals surface area (Å²) in [5.41, 5.74) is 0.947. The average molecular weight is 378 g/mol. The molecule has 8 heteroatoms. The highest BCUT2D eigenvalue weighted by atomic mass is 16.5. The van der Waals surface area contributed by atoms with Gasteiger partial charge in [-0.15, -0.1) is 0 Å². The fraction of sp³-hybridized carbons (Fsp3) is 0.737. The van der Waals surface area contributed by atoms with E-state index in [1.54, 1.807) is 11.8 Å². The van der Waals surface area contributed by atoms with Gasteiger partial charge in [-0.25, -0.2) is 4.79 Å². The van der Waals surface area contributed by atoms with Crippen molar-refractivity contribution < 1.29 is 18.8 Å². The van der Waals surface area contributed by atoms with E-state index in [1.165, 1.54) is 0 Å². The molecule has 2 saturated heterocycles. The van der Waals surface area contributed by atoms with Crippen LogP contribution >= 0.6 is 0 Å². The van der Waals surface area contributed by atoms with Crippen molar-refractivity contribution in [1.82, 2.24) is 19.9 Å². The second-order valence-electron chi connectivity index (χ2n) is 7.33. The quantitative estimate of drug-likeness (QED) is 0.685. The predicted octanol–water partition coefficient (Wildman–Crippen LogP) is 1.04. The zero-order valence-electron chi connectivity index (χ0n) is 16.4. The van der Waals surface area contributed by atoms with Gasteiger partial charge < -0.3 is 14.2 Å². The number of hydrogen-bond donors (Lipinski definition) is 0. The molecular formula is C19H30N4O4. The minimum Gasteiger partial charge on any atom is -0.464 e. The highest BCUT2D eigenvalue weighted by molar-refractivity contribution is 5.85. The third-order valence-corrected chi connectivity index (χ3v) is 5.27. The van der Waals surface area contributed by atoms with E-state index in [0.717, 1.165) is 57.0 Å². The number of rotatable bonds is 6. The molecule has 3 heterocycles. The number of esters is 1. The van der Waals surface area contributed by atoms with Crippen LogP contribution in [0.25, 0.3) is 0 Å². The van der Waals surface area contributed by atoms with E-state index in [0.29, 0.717) is 26.1 Å². The van der Waals surface area contributed by atoms with Crippen molar-refractivity contribution in [2.24, 2.45) is 0 Å². The Morgan fingerprint density at radius 2 is 1.93 bits per heavy atom. The molecule has 2 aliphatic rings. The van der Waals surface area contributed by atoms with Gasteiger partial charge in [0.05, 0.1) is 18.8 Å². The van der Waals surface area contributed by atoms with Gasteiger partial charge in [-0.1, -0.05) is 5.16 Å². The molecule has 3 rings (SSSR count).